The number of amides is 1. The molecule has 0 bridgehead atoms. The van der Waals surface area contributed by atoms with Gasteiger partial charge in [-0.15, -0.1) is 0 Å². The highest BCUT2D eigenvalue weighted by molar-refractivity contribution is 5.84. The van der Waals surface area contributed by atoms with E-state index in [1.54, 1.807) is 0 Å². The molecule has 1 aliphatic carbocycles. The molecule has 1 amide bonds. The van der Waals surface area contributed by atoms with Crippen molar-refractivity contribution in [2.45, 2.75) is 59.0 Å². The molecule has 0 aromatic heterocycles. The normalized spacial score (nSPS) is 39.1. The molecule has 2 rings (SSSR count). The minimum Gasteiger partial charge on any atom is -0.326 e. The smallest absolute Gasteiger partial charge is 0.241 e. The van der Waals surface area contributed by atoms with Crippen molar-refractivity contribution in [1.29, 1.82) is 0 Å². The maximum Gasteiger partial charge on any atom is 0.241 e. The lowest BCUT2D eigenvalue weighted by molar-refractivity contribution is -0.132. The summed E-state index contributed by atoms with van der Waals surface area (Å²) in [6, 6.07) is 0.514. The molecule has 1 heterocycles. The molecule has 3 unspecified atom stereocenters. The first-order valence-corrected chi connectivity index (χ1v) is 7.03. The molecule has 17 heavy (non-hydrogen) atoms. The van der Waals surface area contributed by atoms with E-state index in [0.717, 1.165) is 18.5 Å². The monoisotopic (exact) mass is 238 g/mol. The zero-order chi connectivity index (χ0) is 12.6. The Morgan fingerprint density at radius 3 is 2.24 bits per heavy atom. The van der Waals surface area contributed by atoms with Gasteiger partial charge in [-0.3, -0.25) is 10.1 Å². The van der Waals surface area contributed by atoms with E-state index in [9.17, 15) is 4.79 Å². The second-order valence-corrected chi connectivity index (χ2v) is 6.46. The van der Waals surface area contributed by atoms with E-state index in [2.05, 4.69) is 37.9 Å². The first kappa shape index (κ1) is 12.9. The number of carbonyl (C=O) groups excluding carboxylic acids is 1. The Morgan fingerprint density at radius 1 is 1.18 bits per heavy atom. The molecule has 1 N–H and O–H groups in total. The third kappa shape index (κ3) is 2.65. The summed E-state index contributed by atoms with van der Waals surface area (Å²) in [5, 5.41) is 3.36. The van der Waals surface area contributed by atoms with Crippen LogP contribution in [-0.2, 0) is 4.79 Å². The third-order valence-electron chi connectivity index (χ3n) is 4.29. The summed E-state index contributed by atoms with van der Waals surface area (Å²) in [7, 11) is 0. The standard InChI is InChI=1S/C14H26N2O/c1-9(2)13-14(17)16(8-15-13)12-6-10(3)5-11(4)7-12/h9-13,15H,5-8H2,1-4H3. The topological polar surface area (TPSA) is 32.3 Å². The first-order chi connectivity index (χ1) is 7.99. The van der Waals surface area contributed by atoms with Gasteiger partial charge >= 0.3 is 0 Å². The van der Waals surface area contributed by atoms with Crippen molar-refractivity contribution in [3.05, 3.63) is 0 Å². The van der Waals surface area contributed by atoms with Gasteiger partial charge in [-0.25, -0.2) is 0 Å². The largest absolute Gasteiger partial charge is 0.326 e. The van der Waals surface area contributed by atoms with Gasteiger partial charge in [0.05, 0.1) is 12.7 Å². The summed E-state index contributed by atoms with van der Waals surface area (Å²) in [6.45, 7) is 9.62. The van der Waals surface area contributed by atoms with Crippen molar-refractivity contribution in [1.82, 2.24) is 10.2 Å². The van der Waals surface area contributed by atoms with Gasteiger partial charge in [-0.2, -0.15) is 0 Å². The third-order valence-corrected chi connectivity index (χ3v) is 4.29. The quantitative estimate of drug-likeness (QED) is 0.800. The summed E-state index contributed by atoms with van der Waals surface area (Å²) in [4.78, 5) is 14.4. The van der Waals surface area contributed by atoms with Crippen LogP contribution in [0.5, 0.6) is 0 Å². The molecule has 0 aromatic rings. The minimum absolute atomic E-state index is 0.0440. The molecule has 3 heteroatoms. The fourth-order valence-corrected chi connectivity index (χ4v) is 3.53. The Balaban J connectivity index is 2.01. The van der Waals surface area contributed by atoms with Gasteiger partial charge in [0.2, 0.25) is 5.91 Å². The molecule has 2 aliphatic rings. The van der Waals surface area contributed by atoms with Crippen LogP contribution < -0.4 is 5.32 Å². The Kier molecular flexibility index (Phi) is 3.76. The molecule has 1 saturated carbocycles. The molecule has 1 saturated heterocycles. The highest BCUT2D eigenvalue weighted by Gasteiger charge is 2.39. The summed E-state index contributed by atoms with van der Waals surface area (Å²) < 4.78 is 0. The van der Waals surface area contributed by atoms with Crippen molar-refractivity contribution >= 4 is 5.91 Å². The van der Waals surface area contributed by atoms with Gasteiger partial charge in [0.25, 0.3) is 0 Å². The van der Waals surface area contributed by atoms with Gasteiger partial charge in [0, 0.05) is 6.04 Å². The molecular weight excluding hydrogens is 212 g/mol. The molecule has 3 nitrogen and oxygen atoms in total. The summed E-state index contributed by atoms with van der Waals surface area (Å²) in [6.07, 6.45) is 3.69. The van der Waals surface area contributed by atoms with Crippen molar-refractivity contribution in [2.24, 2.45) is 17.8 Å². The van der Waals surface area contributed by atoms with Gasteiger partial charge in [-0.1, -0.05) is 27.7 Å². The van der Waals surface area contributed by atoms with E-state index in [0.29, 0.717) is 17.9 Å². The van der Waals surface area contributed by atoms with Gasteiger partial charge in [0.1, 0.15) is 0 Å². The lowest BCUT2D eigenvalue weighted by Gasteiger charge is -2.37. The number of hydrogen-bond acceptors (Lipinski definition) is 2. The second-order valence-electron chi connectivity index (χ2n) is 6.46. The second kappa shape index (κ2) is 4.97. The number of rotatable bonds is 2. The summed E-state index contributed by atoms with van der Waals surface area (Å²) in [5.41, 5.74) is 0. The van der Waals surface area contributed by atoms with E-state index in [-0.39, 0.29) is 6.04 Å². The van der Waals surface area contributed by atoms with Gasteiger partial charge < -0.3 is 4.90 Å². The fourth-order valence-electron chi connectivity index (χ4n) is 3.53. The van der Waals surface area contributed by atoms with Gasteiger partial charge in [0.15, 0.2) is 0 Å². The Labute approximate surface area is 105 Å². The average molecular weight is 238 g/mol. The minimum atomic E-state index is 0.0440. The van der Waals surface area contributed by atoms with E-state index < -0.39 is 0 Å². The predicted octanol–water partition coefficient (Wildman–Crippen LogP) is 2.22. The number of hydrogen-bond donors (Lipinski definition) is 1. The lowest BCUT2D eigenvalue weighted by atomic mass is 9.80. The predicted molar refractivity (Wildman–Crippen MR) is 69.4 cm³/mol. The number of carbonyl (C=O) groups is 1. The Hall–Kier alpha value is -0.570. The molecule has 0 spiro atoms. The number of nitrogens with one attached hydrogen (secondary N) is 1. The maximum atomic E-state index is 12.3. The Bertz CT molecular complexity index is 280. The molecule has 0 aromatic carbocycles. The van der Waals surface area contributed by atoms with Crippen LogP contribution in [0.1, 0.15) is 47.0 Å². The van der Waals surface area contributed by atoms with Crippen LogP contribution in [0.25, 0.3) is 0 Å². The summed E-state index contributed by atoms with van der Waals surface area (Å²) in [5.74, 6) is 2.24. The maximum absolute atomic E-state index is 12.3. The zero-order valence-electron chi connectivity index (χ0n) is 11.6. The highest BCUT2D eigenvalue weighted by Crippen LogP contribution is 2.32. The van der Waals surface area contributed by atoms with Crippen LogP contribution in [0.2, 0.25) is 0 Å². The van der Waals surface area contributed by atoms with Crippen LogP contribution in [0.15, 0.2) is 0 Å². The SMILES string of the molecule is CC1CC(C)CC(N2CNC(C(C)C)C2=O)C1. The number of nitrogens with zero attached hydrogens (tertiary/aromatic N) is 1. The molecule has 2 fully saturated rings. The van der Waals surface area contributed by atoms with Crippen molar-refractivity contribution in [3.8, 4) is 0 Å². The fraction of sp³-hybridized carbons (Fsp3) is 0.929. The van der Waals surface area contributed by atoms with Gasteiger partial charge in [-0.05, 0) is 37.0 Å². The molecule has 0 radical (unpaired) electrons. The first-order valence-electron chi connectivity index (χ1n) is 7.03. The van der Waals surface area contributed by atoms with E-state index >= 15 is 0 Å². The van der Waals surface area contributed by atoms with E-state index in [4.69, 9.17) is 0 Å². The molecule has 98 valence electrons. The zero-order valence-corrected chi connectivity index (χ0v) is 11.6. The van der Waals surface area contributed by atoms with Crippen LogP contribution in [-0.4, -0.2) is 29.6 Å². The van der Waals surface area contributed by atoms with E-state index in [1.165, 1.54) is 19.3 Å². The van der Waals surface area contributed by atoms with Crippen molar-refractivity contribution in [3.63, 3.8) is 0 Å². The Morgan fingerprint density at radius 2 is 1.76 bits per heavy atom. The average Bonchev–Trinajstić information content (AvgIpc) is 2.58. The molecular formula is C14H26N2O. The highest BCUT2D eigenvalue weighted by atomic mass is 16.2. The van der Waals surface area contributed by atoms with E-state index in [1.807, 2.05) is 0 Å². The summed E-state index contributed by atoms with van der Waals surface area (Å²) >= 11 is 0. The van der Waals surface area contributed by atoms with Crippen LogP contribution in [0, 0.1) is 17.8 Å². The van der Waals surface area contributed by atoms with Crippen molar-refractivity contribution < 1.29 is 4.79 Å². The van der Waals surface area contributed by atoms with Crippen molar-refractivity contribution in [2.75, 3.05) is 6.67 Å². The lowest BCUT2D eigenvalue weighted by Crippen LogP contribution is -2.43. The molecule has 1 aliphatic heterocycles. The van der Waals surface area contributed by atoms with Crippen LogP contribution in [0.3, 0.4) is 0 Å². The van der Waals surface area contributed by atoms with Crippen LogP contribution in [0.4, 0.5) is 0 Å². The van der Waals surface area contributed by atoms with Crippen LogP contribution >= 0.6 is 0 Å². The molecule has 3 atom stereocenters.